The van der Waals surface area contributed by atoms with E-state index in [1.807, 2.05) is 0 Å². The molecule has 16 heavy (non-hydrogen) atoms. The Balaban J connectivity index is 3.35. The first kappa shape index (κ1) is 14.0. The van der Waals surface area contributed by atoms with Crippen LogP contribution in [0.1, 0.15) is 20.8 Å². The average Bonchev–Trinajstić information content (AvgIpc) is 2.26. The van der Waals surface area contributed by atoms with Crippen LogP contribution < -0.4 is 9.47 Å². The highest BCUT2D eigenvalue weighted by Gasteiger charge is 2.19. The van der Waals surface area contributed by atoms with E-state index in [-0.39, 0.29) is 0 Å². The van der Waals surface area contributed by atoms with Crippen LogP contribution >= 0.6 is 46.4 Å². The summed E-state index contributed by atoms with van der Waals surface area (Å²) in [6, 6.07) is 3.33. The van der Waals surface area contributed by atoms with Crippen LogP contribution in [-0.2, 0) is 0 Å². The highest BCUT2D eigenvalue weighted by molar-refractivity contribution is 6.46. The topological polar surface area (TPSA) is 18.5 Å². The Bertz CT molecular complexity index is 331. The van der Waals surface area contributed by atoms with Crippen molar-refractivity contribution in [2.24, 2.45) is 0 Å². The van der Waals surface area contributed by atoms with E-state index in [1.54, 1.807) is 12.1 Å². The molecule has 0 radical (unpaired) electrons. The lowest BCUT2D eigenvalue weighted by atomic mass is 10.1. The van der Waals surface area contributed by atoms with E-state index >= 15 is 0 Å². The van der Waals surface area contributed by atoms with E-state index in [1.165, 1.54) is 14.2 Å². The van der Waals surface area contributed by atoms with Crippen LogP contribution in [0, 0.1) is 0 Å². The molecular weight excluding hydrogens is 294 g/mol. The van der Waals surface area contributed by atoms with Gasteiger partial charge in [0.15, 0.2) is 11.5 Å². The second-order valence-electron chi connectivity index (χ2n) is 2.94. The van der Waals surface area contributed by atoms with Crippen LogP contribution in [0.25, 0.3) is 0 Å². The summed E-state index contributed by atoms with van der Waals surface area (Å²) < 4.78 is 10.3. The van der Waals surface area contributed by atoms with Crippen molar-refractivity contribution < 1.29 is 9.47 Å². The molecule has 0 bridgehead atoms. The van der Waals surface area contributed by atoms with Crippen molar-refractivity contribution >= 4 is 46.4 Å². The minimum atomic E-state index is -0.727. The molecule has 0 heterocycles. The normalized spacial score (nSPS) is 11.0. The van der Waals surface area contributed by atoms with Crippen molar-refractivity contribution in [2.75, 3.05) is 14.2 Å². The molecule has 1 aromatic carbocycles. The predicted molar refractivity (Wildman–Crippen MR) is 68.4 cm³/mol. The number of benzene rings is 1. The van der Waals surface area contributed by atoms with Crippen molar-refractivity contribution in [1.29, 1.82) is 0 Å². The Hall–Kier alpha value is -0.0200. The number of hydrogen-bond donors (Lipinski definition) is 0. The summed E-state index contributed by atoms with van der Waals surface area (Å²) in [5.41, 5.74) is 1.21. The molecule has 1 aromatic rings. The lowest BCUT2D eigenvalue weighted by Crippen LogP contribution is -1.98. The van der Waals surface area contributed by atoms with Crippen molar-refractivity contribution in [1.82, 2.24) is 0 Å². The third-order valence-corrected chi connectivity index (χ3v) is 3.00. The molecule has 1 rings (SSSR count). The first-order valence-corrected chi connectivity index (χ1v) is 6.08. The third kappa shape index (κ3) is 3.01. The SMILES string of the molecule is COc1cc(C(Cl)Cl)c(C(Cl)Cl)cc1OC. The fourth-order valence-corrected chi connectivity index (χ4v) is 2.04. The molecular formula is C10H10Cl4O2. The van der Waals surface area contributed by atoms with Gasteiger partial charge in [0.05, 0.1) is 14.2 Å². The van der Waals surface area contributed by atoms with Crippen LogP contribution in [0.2, 0.25) is 0 Å². The Morgan fingerprint density at radius 2 is 1.12 bits per heavy atom. The lowest BCUT2D eigenvalue weighted by Gasteiger charge is -2.15. The van der Waals surface area contributed by atoms with Crippen LogP contribution in [0.3, 0.4) is 0 Å². The summed E-state index contributed by atoms with van der Waals surface area (Å²) in [6.45, 7) is 0. The zero-order valence-corrected chi connectivity index (χ0v) is 11.7. The summed E-state index contributed by atoms with van der Waals surface area (Å²) >= 11 is 23.3. The summed E-state index contributed by atoms with van der Waals surface area (Å²) in [4.78, 5) is -1.45. The maximum atomic E-state index is 5.83. The summed E-state index contributed by atoms with van der Waals surface area (Å²) in [5, 5.41) is 0. The molecule has 2 nitrogen and oxygen atoms in total. The van der Waals surface area contributed by atoms with E-state index in [9.17, 15) is 0 Å². The molecule has 0 aliphatic heterocycles. The second kappa shape index (κ2) is 6.06. The molecule has 0 spiro atoms. The van der Waals surface area contributed by atoms with Gasteiger partial charge in [0.25, 0.3) is 0 Å². The van der Waals surface area contributed by atoms with Gasteiger partial charge in [0, 0.05) is 0 Å². The maximum absolute atomic E-state index is 5.83. The van der Waals surface area contributed by atoms with Gasteiger partial charge in [-0.2, -0.15) is 0 Å². The Morgan fingerprint density at radius 3 is 1.31 bits per heavy atom. The number of rotatable bonds is 4. The molecule has 0 saturated heterocycles. The van der Waals surface area contributed by atoms with Crippen molar-refractivity contribution in [2.45, 2.75) is 9.67 Å². The number of alkyl halides is 4. The average molecular weight is 304 g/mol. The third-order valence-electron chi connectivity index (χ3n) is 2.06. The van der Waals surface area contributed by atoms with Gasteiger partial charge in [-0.25, -0.2) is 0 Å². The Morgan fingerprint density at radius 1 is 0.812 bits per heavy atom. The number of methoxy groups -OCH3 is 2. The van der Waals surface area contributed by atoms with Gasteiger partial charge < -0.3 is 9.47 Å². The monoisotopic (exact) mass is 302 g/mol. The molecule has 6 heteroatoms. The zero-order valence-electron chi connectivity index (χ0n) is 8.64. The van der Waals surface area contributed by atoms with Crippen molar-refractivity contribution in [3.05, 3.63) is 23.3 Å². The van der Waals surface area contributed by atoms with Crippen LogP contribution in [0.15, 0.2) is 12.1 Å². The molecule has 0 aliphatic rings. The molecule has 0 unspecified atom stereocenters. The minimum absolute atomic E-state index is 0.529. The molecule has 0 N–H and O–H groups in total. The van der Waals surface area contributed by atoms with E-state index in [4.69, 9.17) is 55.9 Å². The van der Waals surface area contributed by atoms with E-state index in [0.717, 1.165) is 0 Å². The lowest BCUT2D eigenvalue weighted by molar-refractivity contribution is 0.354. The fourth-order valence-electron chi connectivity index (χ4n) is 1.29. The van der Waals surface area contributed by atoms with Crippen molar-refractivity contribution in [3.8, 4) is 11.5 Å². The second-order valence-corrected chi connectivity index (χ2v) is 5.13. The molecule has 0 aromatic heterocycles. The first-order valence-electron chi connectivity index (χ1n) is 4.33. The van der Waals surface area contributed by atoms with Gasteiger partial charge in [-0.3, -0.25) is 0 Å². The maximum Gasteiger partial charge on any atom is 0.161 e. The smallest absolute Gasteiger partial charge is 0.161 e. The summed E-state index contributed by atoms with van der Waals surface area (Å²) in [6.07, 6.45) is 0. The molecule has 0 saturated carbocycles. The van der Waals surface area contributed by atoms with Crippen molar-refractivity contribution in [3.63, 3.8) is 0 Å². The van der Waals surface area contributed by atoms with E-state index < -0.39 is 9.67 Å². The van der Waals surface area contributed by atoms with Gasteiger partial charge >= 0.3 is 0 Å². The Kier molecular flexibility index (Phi) is 5.32. The van der Waals surface area contributed by atoms with E-state index in [2.05, 4.69) is 0 Å². The quantitative estimate of drug-likeness (QED) is 0.753. The van der Waals surface area contributed by atoms with Gasteiger partial charge in [0.1, 0.15) is 9.67 Å². The Labute approximate surface area is 114 Å². The molecule has 0 amide bonds. The fraction of sp³-hybridized carbons (Fsp3) is 0.400. The standard InChI is InChI=1S/C10H10Cl4O2/c1-15-7-3-5(9(11)12)6(10(13)14)4-8(7)16-2/h3-4,9-10H,1-2H3. The van der Waals surface area contributed by atoms with E-state index in [0.29, 0.717) is 22.6 Å². The number of ether oxygens (including phenoxy) is 2. The largest absolute Gasteiger partial charge is 0.493 e. The van der Waals surface area contributed by atoms with Crippen LogP contribution in [-0.4, -0.2) is 14.2 Å². The summed E-state index contributed by atoms with van der Waals surface area (Å²) in [5.74, 6) is 1.06. The van der Waals surface area contributed by atoms with Gasteiger partial charge in [0.2, 0.25) is 0 Å². The number of halogens is 4. The molecule has 90 valence electrons. The van der Waals surface area contributed by atoms with Gasteiger partial charge in [-0.1, -0.05) is 0 Å². The molecule has 0 fully saturated rings. The molecule has 0 aliphatic carbocycles. The van der Waals surface area contributed by atoms with Gasteiger partial charge in [-0.05, 0) is 23.3 Å². The summed E-state index contributed by atoms with van der Waals surface area (Å²) in [7, 11) is 3.05. The zero-order chi connectivity index (χ0) is 12.3. The minimum Gasteiger partial charge on any atom is -0.493 e. The first-order chi connectivity index (χ1) is 7.51. The van der Waals surface area contributed by atoms with Gasteiger partial charge in [-0.15, -0.1) is 46.4 Å². The highest BCUT2D eigenvalue weighted by Crippen LogP contribution is 2.41. The number of hydrogen-bond acceptors (Lipinski definition) is 2. The van der Waals surface area contributed by atoms with Crippen LogP contribution in [0.5, 0.6) is 11.5 Å². The van der Waals surface area contributed by atoms with Crippen LogP contribution in [0.4, 0.5) is 0 Å². The highest BCUT2D eigenvalue weighted by atomic mass is 35.5. The molecule has 0 atom stereocenters. The predicted octanol–water partition coefficient (Wildman–Crippen LogP) is 4.66.